The van der Waals surface area contributed by atoms with E-state index in [-0.39, 0.29) is 12.6 Å². The van der Waals surface area contributed by atoms with Crippen LogP contribution in [0.25, 0.3) is 0 Å². The average molecular weight is 197 g/mol. The molecule has 0 saturated heterocycles. The number of ether oxygens (including phenoxy) is 1. The van der Waals surface area contributed by atoms with E-state index in [4.69, 9.17) is 5.11 Å². The molecule has 0 amide bonds. The minimum absolute atomic E-state index is 0.0462. The summed E-state index contributed by atoms with van der Waals surface area (Å²) in [5.74, 6) is 0. The summed E-state index contributed by atoms with van der Waals surface area (Å²) in [6, 6.07) is -0.0462. The maximum atomic E-state index is 11.6. The molecular weight excluding hydrogens is 180 g/mol. The van der Waals surface area contributed by atoms with Crippen molar-refractivity contribution in [2.45, 2.75) is 32.4 Å². The predicted octanol–water partition coefficient (Wildman–Crippen LogP) is 0.627. The Balaban J connectivity index is 3.16. The van der Waals surface area contributed by atoms with Gasteiger partial charge in [0.05, 0.1) is 12.7 Å². The van der Waals surface area contributed by atoms with Crippen LogP contribution in [0.5, 0.6) is 0 Å². The van der Waals surface area contributed by atoms with Crippen LogP contribution in [0.3, 0.4) is 0 Å². The van der Waals surface area contributed by atoms with Crippen LogP contribution >= 0.6 is 0 Å². The van der Waals surface area contributed by atoms with Crippen molar-refractivity contribution in [2.24, 2.45) is 0 Å². The molecule has 13 heavy (non-hydrogen) atoms. The zero-order valence-corrected chi connectivity index (χ0v) is 7.96. The summed E-state index contributed by atoms with van der Waals surface area (Å²) in [4.78, 5) is 0. The van der Waals surface area contributed by atoms with E-state index in [1.54, 1.807) is 6.92 Å². The lowest BCUT2D eigenvalue weighted by Crippen LogP contribution is -2.37. The van der Waals surface area contributed by atoms with Gasteiger partial charge < -0.3 is 15.2 Å². The van der Waals surface area contributed by atoms with Crippen molar-refractivity contribution in [3.05, 3.63) is 0 Å². The first kappa shape index (κ1) is 12.7. The SMILES string of the molecule is CC(O)C(C)NCCOCC(F)F. The van der Waals surface area contributed by atoms with Gasteiger partial charge in [0.15, 0.2) is 0 Å². The molecule has 2 N–H and O–H groups in total. The molecule has 0 aromatic heterocycles. The van der Waals surface area contributed by atoms with Crippen LogP contribution in [0.2, 0.25) is 0 Å². The molecule has 0 aliphatic carbocycles. The standard InChI is InChI=1S/C8H17F2NO2/c1-6(7(2)12)11-3-4-13-5-8(9)10/h6-8,11-12H,3-5H2,1-2H3. The molecule has 0 aromatic rings. The Kier molecular flexibility index (Phi) is 7.03. The first-order valence-electron chi connectivity index (χ1n) is 4.31. The first-order chi connectivity index (χ1) is 6.04. The largest absolute Gasteiger partial charge is 0.392 e. The Morgan fingerprint density at radius 3 is 2.46 bits per heavy atom. The molecular formula is C8H17F2NO2. The van der Waals surface area contributed by atoms with Crippen molar-refractivity contribution >= 4 is 0 Å². The van der Waals surface area contributed by atoms with E-state index in [1.807, 2.05) is 6.92 Å². The van der Waals surface area contributed by atoms with Crippen molar-refractivity contribution in [1.82, 2.24) is 5.32 Å². The molecule has 0 fully saturated rings. The number of alkyl halides is 2. The van der Waals surface area contributed by atoms with Crippen molar-refractivity contribution in [3.63, 3.8) is 0 Å². The molecule has 0 aliphatic heterocycles. The second-order valence-electron chi connectivity index (χ2n) is 2.95. The molecule has 5 heteroatoms. The monoisotopic (exact) mass is 197 g/mol. The van der Waals surface area contributed by atoms with E-state index in [2.05, 4.69) is 10.1 Å². The van der Waals surface area contributed by atoms with Gasteiger partial charge in [0.25, 0.3) is 6.43 Å². The Labute approximate surface area is 77.1 Å². The topological polar surface area (TPSA) is 41.5 Å². The lowest BCUT2D eigenvalue weighted by molar-refractivity contribution is 0.0171. The Bertz CT molecular complexity index is 123. The van der Waals surface area contributed by atoms with E-state index in [9.17, 15) is 8.78 Å². The molecule has 0 saturated carbocycles. The first-order valence-corrected chi connectivity index (χ1v) is 4.31. The van der Waals surface area contributed by atoms with Crippen LogP contribution in [0.1, 0.15) is 13.8 Å². The molecule has 0 heterocycles. The Hall–Kier alpha value is -0.260. The van der Waals surface area contributed by atoms with Crippen molar-refractivity contribution in [3.8, 4) is 0 Å². The lowest BCUT2D eigenvalue weighted by Gasteiger charge is -2.16. The molecule has 0 aliphatic rings. The number of rotatable bonds is 7. The number of hydrogen-bond acceptors (Lipinski definition) is 3. The van der Waals surface area contributed by atoms with Crippen LogP contribution in [0, 0.1) is 0 Å². The quantitative estimate of drug-likeness (QED) is 0.588. The average Bonchev–Trinajstić information content (AvgIpc) is 2.02. The van der Waals surface area contributed by atoms with Crippen LogP contribution in [0.15, 0.2) is 0 Å². The van der Waals surface area contributed by atoms with Crippen molar-refractivity contribution < 1.29 is 18.6 Å². The Morgan fingerprint density at radius 1 is 1.38 bits per heavy atom. The van der Waals surface area contributed by atoms with Gasteiger partial charge in [-0.3, -0.25) is 0 Å². The summed E-state index contributed by atoms with van der Waals surface area (Å²) in [5, 5.41) is 12.0. The lowest BCUT2D eigenvalue weighted by atomic mass is 10.2. The van der Waals surface area contributed by atoms with E-state index < -0.39 is 19.1 Å². The van der Waals surface area contributed by atoms with Gasteiger partial charge in [-0.1, -0.05) is 0 Å². The summed E-state index contributed by atoms with van der Waals surface area (Å²) >= 11 is 0. The number of aliphatic hydroxyl groups excluding tert-OH is 1. The van der Waals surface area contributed by atoms with Gasteiger partial charge in [0.1, 0.15) is 6.61 Å². The van der Waals surface area contributed by atoms with Gasteiger partial charge in [-0.2, -0.15) is 0 Å². The zero-order chi connectivity index (χ0) is 10.3. The fourth-order valence-corrected chi connectivity index (χ4v) is 0.702. The summed E-state index contributed by atoms with van der Waals surface area (Å²) in [7, 11) is 0. The molecule has 80 valence electrons. The van der Waals surface area contributed by atoms with Gasteiger partial charge in [-0.25, -0.2) is 8.78 Å². The summed E-state index contributed by atoms with van der Waals surface area (Å²) < 4.78 is 27.8. The van der Waals surface area contributed by atoms with Crippen LogP contribution < -0.4 is 5.32 Å². The second-order valence-corrected chi connectivity index (χ2v) is 2.95. The number of hydrogen-bond donors (Lipinski definition) is 2. The number of nitrogens with one attached hydrogen (secondary N) is 1. The maximum absolute atomic E-state index is 11.6. The van der Waals surface area contributed by atoms with Crippen LogP contribution in [-0.2, 0) is 4.74 Å². The van der Waals surface area contributed by atoms with Crippen molar-refractivity contribution in [1.29, 1.82) is 0 Å². The molecule has 0 aromatic carbocycles. The molecule has 0 bridgehead atoms. The molecule has 2 unspecified atom stereocenters. The van der Waals surface area contributed by atoms with Gasteiger partial charge >= 0.3 is 0 Å². The summed E-state index contributed by atoms with van der Waals surface area (Å²) in [6.07, 6.45) is -2.86. The molecule has 0 radical (unpaired) electrons. The number of halogens is 2. The molecule has 0 spiro atoms. The van der Waals surface area contributed by atoms with E-state index >= 15 is 0 Å². The molecule has 2 atom stereocenters. The minimum Gasteiger partial charge on any atom is -0.392 e. The maximum Gasteiger partial charge on any atom is 0.261 e. The predicted molar refractivity (Wildman–Crippen MR) is 46.0 cm³/mol. The van der Waals surface area contributed by atoms with Crippen LogP contribution in [-0.4, -0.2) is 43.4 Å². The smallest absolute Gasteiger partial charge is 0.261 e. The molecule has 0 rings (SSSR count). The van der Waals surface area contributed by atoms with Gasteiger partial charge in [0, 0.05) is 12.6 Å². The van der Waals surface area contributed by atoms with E-state index in [0.717, 1.165) is 0 Å². The van der Waals surface area contributed by atoms with E-state index in [0.29, 0.717) is 6.54 Å². The van der Waals surface area contributed by atoms with Crippen LogP contribution in [0.4, 0.5) is 8.78 Å². The highest BCUT2D eigenvalue weighted by Crippen LogP contribution is 1.92. The number of aliphatic hydroxyl groups is 1. The van der Waals surface area contributed by atoms with Gasteiger partial charge in [0.2, 0.25) is 0 Å². The summed E-state index contributed by atoms with van der Waals surface area (Å²) in [6.45, 7) is 3.67. The second kappa shape index (κ2) is 7.17. The highest BCUT2D eigenvalue weighted by molar-refractivity contribution is 4.65. The highest BCUT2D eigenvalue weighted by atomic mass is 19.3. The summed E-state index contributed by atoms with van der Waals surface area (Å²) in [5.41, 5.74) is 0. The minimum atomic E-state index is -2.41. The highest BCUT2D eigenvalue weighted by Gasteiger charge is 2.07. The zero-order valence-electron chi connectivity index (χ0n) is 7.96. The van der Waals surface area contributed by atoms with Crippen molar-refractivity contribution in [2.75, 3.05) is 19.8 Å². The molecule has 3 nitrogen and oxygen atoms in total. The van der Waals surface area contributed by atoms with Gasteiger partial charge in [-0.05, 0) is 13.8 Å². The van der Waals surface area contributed by atoms with E-state index in [1.165, 1.54) is 0 Å². The van der Waals surface area contributed by atoms with Gasteiger partial charge in [-0.15, -0.1) is 0 Å². The third-order valence-corrected chi connectivity index (χ3v) is 1.68. The third kappa shape index (κ3) is 8.08. The Morgan fingerprint density at radius 2 is 2.00 bits per heavy atom. The normalized spacial score (nSPS) is 16.2. The fraction of sp³-hybridized carbons (Fsp3) is 1.00. The third-order valence-electron chi connectivity index (χ3n) is 1.68. The fourth-order valence-electron chi connectivity index (χ4n) is 0.702.